The van der Waals surface area contributed by atoms with E-state index in [2.05, 4.69) is 10.4 Å². The molecular weight excluding hydrogens is 354 g/mol. The molecule has 1 aromatic carbocycles. The van der Waals surface area contributed by atoms with Crippen LogP contribution in [0.2, 0.25) is 0 Å². The Kier molecular flexibility index (Phi) is 11.0. The van der Waals surface area contributed by atoms with Gasteiger partial charge in [-0.05, 0) is 43.7 Å². The highest BCUT2D eigenvalue weighted by Gasteiger charge is 2.08. The predicted octanol–water partition coefficient (Wildman–Crippen LogP) is 3.70. The third-order valence-corrected chi connectivity index (χ3v) is 3.34. The number of halogens is 3. The number of anilines is 1. The first-order valence-corrected chi connectivity index (χ1v) is 7.50. The number of hydrogen-bond acceptors (Lipinski definition) is 3. The summed E-state index contributed by atoms with van der Waals surface area (Å²) in [5.41, 5.74) is 6.22. The van der Waals surface area contributed by atoms with Crippen molar-refractivity contribution in [3.63, 3.8) is 0 Å². The van der Waals surface area contributed by atoms with Crippen LogP contribution in [0.25, 0.3) is 5.69 Å². The number of nitrogens with zero attached hydrogens (tertiary/aromatic N) is 2. The lowest BCUT2D eigenvalue weighted by molar-refractivity contribution is -0.116. The molecule has 0 bridgehead atoms. The molecule has 1 amide bonds. The minimum absolute atomic E-state index is 0. The molecule has 5 nitrogen and oxygen atoms in total. The van der Waals surface area contributed by atoms with Crippen LogP contribution in [0.4, 0.5) is 10.1 Å². The molecule has 1 aromatic heterocycles. The van der Waals surface area contributed by atoms with Crippen LogP contribution in [-0.4, -0.2) is 22.2 Å². The van der Waals surface area contributed by atoms with Crippen LogP contribution in [0.15, 0.2) is 36.7 Å². The van der Waals surface area contributed by atoms with Gasteiger partial charge >= 0.3 is 0 Å². The Morgan fingerprint density at radius 3 is 2.58 bits per heavy atom. The maximum absolute atomic E-state index is 14.0. The van der Waals surface area contributed by atoms with Gasteiger partial charge in [0.05, 0.1) is 0 Å². The summed E-state index contributed by atoms with van der Waals surface area (Å²) in [6, 6.07) is 6.30. The molecule has 0 unspecified atom stereocenters. The van der Waals surface area contributed by atoms with Crippen molar-refractivity contribution in [3.05, 3.63) is 42.5 Å². The largest absolute Gasteiger partial charge is 0.330 e. The quantitative estimate of drug-likeness (QED) is 0.689. The van der Waals surface area contributed by atoms with Crippen molar-refractivity contribution < 1.29 is 9.18 Å². The number of aromatic nitrogens is 2. The van der Waals surface area contributed by atoms with Gasteiger partial charge in [0.15, 0.2) is 5.82 Å². The van der Waals surface area contributed by atoms with Crippen molar-refractivity contribution in [2.24, 2.45) is 5.73 Å². The molecule has 1 heterocycles. The zero-order valence-electron chi connectivity index (χ0n) is 13.3. The molecule has 24 heavy (non-hydrogen) atoms. The Hall–Kier alpha value is -1.63. The van der Waals surface area contributed by atoms with Crippen LogP contribution >= 0.6 is 24.8 Å². The van der Waals surface area contributed by atoms with Gasteiger partial charge in [0.25, 0.3) is 0 Å². The molecule has 0 fully saturated rings. The number of amides is 1. The van der Waals surface area contributed by atoms with E-state index in [1.54, 1.807) is 30.6 Å². The maximum Gasteiger partial charge on any atom is 0.224 e. The third kappa shape index (κ3) is 6.86. The van der Waals surface area contributed by atoms with Crippen LogP contribution in [0.1, 0.15) is 32.1 Å². The summed E-state index contributed by atoms with van der Waals surface area (Å²) in [6.07, 6.45) is 7.51. The second-order valence-corrected chi connectivity index (χ2v) is 5.12. The molecule has 2 rings (SSSR count). The first-order chi connectivity index (χ1) is 10.7. The normalized spacial score (nSPS) is 9.75. The standard InChI is InChI=1S/C16H21FN4O.2ClH/c17-14-12-13(7-8-15(14)21-11-5-10-19-21)20-16(22)6-3-1-2-4-9-18;;/h5,7-8,10-12H,1-4,6,9,18H2,(H,20,22);2*1H. The maximum atomic E-state index is 14.0. The molecule has 0 saturated carbocycles. The lowest BCUT2D eigenvalue weighted by atomic mass is 10.1. The monoisotopic (exact) mass is 376 g/mol. The van der Waals surface area contributed by atoms with E-state index in [0.29, 0.717) is 24.3 Å². The van der Waals surface area contributed by atoms with E-state index in [-0.39, 0.29) is 30.7 Å². The zero-order chi connectivity index (χ0) is 15.8. The molecule has 0 atom stereocenters. The van der Waals surface area contributed by atoms with Crippen LogP contribution in [-0.2, 0) is 4.79 Å². The molecule has 0 aliphatic heterocycles. The van der Waals surface area contributed by atoms with Gasteiger partial charge in [-0.2, -0.15) is 5.10 Å². The molecule has 0 spiro atoms. The topological polar surface area (TPSA) is 72.9 Å². The molecule has 134 valence electrons. The fourth-order valence-corrected chi connectivity index (χ4v) is 2.19. The lowest BCUT2D eigenvalue weighted by Crippen LogP contribution is -2.11. The second-order valence-electron chi connectivity index (χ2n) is 5.12. The van der Waals surface area contributed by atoms with Crippen LogP contribution in [0.3, 0.4) is 0 Å². The summed E-state index contributed by atoms with van der Waals surface area (Å²) in [5.74, 6) is -0.525. The van der Waals surface area contributed by atoms with Crippen molar-refractivity contribution in [2.45, 2.75) is 32.1 Å². The Labute approximate surface area is 153 Å². The average Bonchev–Trinajstić information content (AvgIpc) is 3.01. The number of benzene rings is 1. The molecule has 0 aliphatic carbocycles. The van der Waals surface area contributed by atoms with Crippen LogP contribution in [0.5, 0.6) is 0 Å². The van der Waals surface area contributed by atoms with Crippen molar-refractivity contribution in [2.75, 3.05) is 11.9 Å². The molecule has 0 radical (unpaired) electrons. The highest BCUT2D eigenvalue weighted by atomic mass is 35.5. The smallest absolute Gasteiger partial charge is 0.224 e. The van der Waals surface area contributed by atoms with E-state index >= 15 is 0 Å². The van der Waals surface area contributed by atoms with Crippen molar-refractivity contribution in [3.8, 4) is 5.69 Å². The van der Waals surface area contributed by atoms with E-state index < -0.39 is 5.82 Å². The van der Waals surface area contributed by atoms with E-state index in [1.807, 2.05) is 0 Å². The summed E-state index contributed by atoms with van der Waals surface area (Å²) in [5, 5.41) is 6.70. The number of hydrogen-bond donors (Lipinski definition) is 2. The Morgan fingerprint density at radius 2 is 1.96 bits per heavy atom. The number of nitrogens with two attached hydrogens (primary N) is 1. The van der Waals surface area contributed by atoms with Gasteiger partial charge in [-0.3, -0.25) is 4.79 Å². The average molecular weight is 377 g/mol. The van der Waals surface area contributed by atoms with Gasteiger partial charge in [0.2, 0.25) is 5.91 Å². The summed E-state index contributed by atoms with van der Waals surface area (Å²) in [6.45, 7) is 0.689. The minimum Gasteiger partial charge on any atom is -0.330 e. The number of carbonyl (C=O) groups excluding carboxylic acids is 1. The van der Waals surface area contributed by atoms with E-state index in [9.17, 15) is 9.18 Å². The van der Waals surface area contributed by atoms with Crippen molar-refractivity contribution in [1.29, 1.82) is 0 Å². The highest BCUT2D eigenvalue weighted by Crippen LogP contribution is 2.18. The first kappa shape index (κ1) is 22.4. The molecule has 2 aromatic rings. The van der Waals surface area contributed by atoms with E-state index in [0.717, 1.165) is 25.7 Å². The fourth-order valence-electron chi connectivity index (χ4n) is 2.19. The first-order valence-electron chi connectivity index (χ1n) is 7.50. The van der Waals surface area contributed by atoms with Gasteiger partial charge in [-0.15, -0.1) is 24.8 Å². The van der Waals surface area contributed by atoms with Gasteiger partial charge < -0.3 is 11.1 Å². The SMILES string of the molecule is Cl.Cl.NCCCCCCC(=O)Nc1ccc(-n2cccn2)c(F)c1. The highest BCUT2D eigenvalue weighted by molar-refractivity contribution is 5.90. The van der Waals surface area contributed by atoms with Crippen molar-refractivity contribution >= 4 is 36.4 Å². The number of rotatable bonds is 8. The zero-order valence-corrected chi connectivity index (χ0v) is 14.9. The van der Waals surface area contributed by atoms with Crippen molar-refractivity contribution in [1.82, 2.24) is 9.78 Å². The summed E-state index contributed by atoms with van der Waals surface area (Å²) in [4.78, 5) is 11.8. The third-order valence-electron chi connectivity index (χ3n) is 3.34. The van der Waals surface area contributed by atoms with E-state index in [1.165, 1.54) is 10.7 Å². The summed E-state index contributed by atoms with van der Waals surface area (Å²) in [7, 11) is 0. The van der Waals surface area contributed by atoms with Crippen LogP contribution in [0, 0.1) is 5.82 Å². The van der Waals surface area contributed by atoms with Gasteiger partial charge in [0.1, 0.15) is 5.69 Å². The molecule has 3 N–H and O–H groups in total. The fraction of sp³-hybridized carbons (Fsp3) is 0.375. The molecule has 0 aliphatic rings. The van der Waals surface area contributed by atoms with Crippen LogP contribution < -0.4 is 11.1 Å². The summed E-state index contributed by atoms with van der Waals surface area (Å²) < 4.78 is 15.5. The molecule has 0 saturated heterocycles. The second kappa shape index (κ2) is 11.8. The predicted molar refractivity (Wildman–Crippen MR) is 98.8 cm³/mol. The molecular formula is C16H23Cl2FN4O. The molecule has 8 heteroatoms. The number of nitrogens with one attached hydrogen (secondary N) is 1. The van der Waals surface area contributed by atoms with E-state index in [4.69, 9.17) is 5.73 Å². The van der Waals surface area contributed by atoms with Gasteiger partial charge in [0, 0.05) is 24.5 Å². The van der Waals surface area contributed by atoms with Gasteiger partial charge in [-0.1, -0.05) is 12.8 Å². The lowest BCUT2D eigenvalue weighted by Gasteiger charge is -2.08. The number of unbranched alkanes of at least 4 members (excludes halogenated alkanes) is 3. The Bertz CT molecular complexity index is 608. The Morgan fingerprint density at radius 1 is 1.21 bits per heavy atom. The minimum atomic E-state index is -0.426. The van der Waals surface area contributed by atoms with Gasteiger partial charge in [-0.25, -0.2) is 9.07 Å². The Balaban J connectivity index is 0.00000264. The summed E-state index contributed by atoms with van der Waals surface area (Å²) >= 11 is 0. The number of carbonyl (C=O) groups is 1.